The molecule has 16 heavy (non-hydrogen) atoms. The lowest BCUT2D eigenvalue weighted by Gasteiger charge is -2.26. The average Bonchev–Trinajstić information content (AvgIpc) is 2.59. The SMILES string of the molecule is COc1cc(C2CNCC2(C)N)ccc1C. The first-order chi connectivity index (χ1) is 7.54. The maximum Gasteiger partial charge on any atom is 0.122 e. The fraction of sp³-hybridized carbons (Fsp3) is 0.538. The second-order valence-corrected chi connectivity index (χ2v) is 4.92. The molecule has 1 heterocycles. The number of aryl methyl sites for hydroxylation is 1. The van der Waals surface area contributed by atoms with E-state index in [1.807, 2.05) is 0 Å². The highest BCUT2D eigenvalue weighted by Gasteiger charge is 2.36. The van der Waals surface area contributed by atoms with Gasteiger partial charge < -0.3 is 15.8 Å². The fourth-order valence-electron chi connectivity index (χ4n) is 2.39. The zero-order valence-corrected chi connectivity index (χ0v) is 10.2. The number of nitrogens with one attached hydrogen (secondary N) is 1. The Morgan fingerprint density at radius 3 is 2.81 bits per heavy atom. The zero-order valence-electron chi connectivity index (χ0n) is 10.2. The van der Waals surface area contributed by atoms with Gasteiger partial charge in [0.05, 0.1) is 7.11 Å². The second kappa shape index (κ2) is 4.07. The Kier molecular flexibility index (Phi) is 2.91. The number of hydrogen-bond acceptors (Lipinski definition) is 3. The number of rotatable bonds is 2. The van der Waals surface area contributed by atoms with Crippen molar-refractivity contribution in [2.75, 3.05) is 20.2 Å². The Morgan fingerprint density at radius 2 is 2.25 bits per heavy atom. The van der Waals surface area contributed by atoms with Crippen LogP contribution >= 0.6 is 0 Å². The van der Waals surface area contributed by atoms with Gasteiger partial charge >= 0.3 is 0 Å². The third-order valence-electron chi connectivity index (χ3n) is 3.48. The number of ether oxygens (including phenoxy) is 1. The maximum atomic E-state index is 6.28. The molecule has 1 aromatic carbocycles. The molecule has 3 N–H and O–H groups in total. The van der Waals surface area contributed by atoms with Gasteiger partial charge in [0.2, 0.25) is 0 Å². The first-order valence-electron chi connectivity index (χ1n) is 5.69. The van der Waals surface area contributed by atoms with Crippen molar-refractivity contribution in [3.63, 3.8) is 0 Å². The van der Waals surface area contributed by atoms with Gasteiger partial charge in [-0.05, 0) is 31.0 Å². The van der Waals surface area contributed by atoms with Crippen LogP contribution in [0.2, 0.25) is 0 Å². The lowest BCUT2D eigenvalue weighted by atomic mass is 9.84. The molecule has 0 bridgehead atoms. The molecule has 0 aliphatic carbocycles. The molecule has 2 atom stereocenters. The Hall–Kier alpha value is -1.06. The summed E-state index contributed by atoms with van der Waals surface area (Å²) in [5, 5.41) is 3.35. The minimum Gasteiger partial charge on any atom is -0.496 e. The van der Waals surface area contributed by atoms with Gasteiger partial charge in [-0.15, -0.1) is 0 Å². The van der Waals surface area contributed by atoms with E-state index < -0.39 is 0 Å². The van der Waals surface area contributed by atoms with Gasteiger partial charge in [0.25, 0.3) is 0 Å². The maximum absolute atomic E-state index is 6.28. The van der Waals surface area contributed by atoms with Gasteiger partial charge in [-0.3, -0.25) is 0 Å². The summed E-state index contributed by atoms with van der Waals surface area (Å²) in [4.78, 5) is 0. The van der Waals surface area contributed by atoms with E-state index in [0.29, 0.717) is 5.92 Å². The van der Waals surface area contributed by atoms with Gasteiger partial charge in [-0.2, -0.15) is 0 Å². The van der Waals surface area contributed by atoms with Crippen molar-refractivity contribution in [3.05, 3.63) is 29.3 Å². The molecule has 88 valence electrons. The van der Waals surface area contributed by atoms with Crippen molar-refractivity contribution in [2.24, 2.45) is 5.73 Å². The normalized spacial score (nSPS) is 29.4. The van der Waals surface area contributed by atoms with E-state index in [4.69, 9.17) is 10.5 Å². The van der Waals surface area contributed by atoms with Crippen LogP contribution in [0.25, 0.3) is 0 Å². The third kappa shape index (κ3) is 1.93. The zero-order chi connectivity index (χ0) is 11.8. The molecule has 0 amide bonds. The fourth-order valence-corrected chi connectivity index (χ4v) is 2.39. The van der Waals surface area contributed by atoms with Crippen LogP contribution in [-0.4, -0.2) is 25.7 Å². The molecule has 1 fully saturated rings. The average molecular weight is 220 g/mol. The van der Waals surface area contributed by atoms with E-state index in [0.717, 1.165) is 24.4 Å². The van der Waals surface area contributed by atoms with Crippen molar-refractivity contribution in [1.29, 1.82) is 0 Å². The predicted molar refractivity (Wildman–Crippen MR) is 65.9 cm³/mol. The van der Waals surface area contributed by atoms with Crippen LogP contribution in [0, 0.1) is 6.92 Å². The Morgan fingerprint density at radius 1 is 1.50 bits per heavy atom. The number of benzene rings is 1. The predicted octanol–water partition coefficient (Wildman–Crippen LogP) is 1.41. The van der Waals surface area contributed by atoms with Gasteiger partial charge in [-0.25, -0.2) is 0 Å². The molecule has 1 aromatic rings. The molecule has 0 saturated carbocycles. The summed E-state index contributed by atoms with van der Waals surface area (Å²) in [5.41, 5.74) is 8.54. The molecule has 3 nitrogen and oxygen atoms in total. The van der Waals surface area contributed by atoms with E-state index in [2.05, 4.69) is 37.4 Å². The summed E-state index contributed by atoms with van der Waals surface area (Å²) in [6.07, 6.45) is 0. The first-order valence-corrected chi connectivity index (χ1v) is 5.69. The summed E-state index contributed by atoms with van der Waals surface area (Å²) in [6.45, 7) is 5.97. The molecule has 2 unspecified atom stereocenters. The Balaban J connectivity index is 2.34. The van der Waals surface area contributed by atoms with Crippen LogP contribution < -0.4 is 15.8 Å². The van der Waals surface area contributed by atoms with E-state index >= 15 is 0 Å². The first kappa shape index (κ1) is 11.4. The molecule has 1 aliphatic rings. The Labute approximate surface area is 97.0 Å². The van der Waals surface area contributed by atoms with Crippen molar-refractivity contribution in [1.82, 2.24) is 5.32 Å². The number of methoxy groups -OCH3 is 1. The molecule has 0 radical (unpaired) electrons. The van der Waals surface area contributed by atoms with Gasteiger partial charge in [0.15, 0.2) is 0 Å². The van der Waals surface area contributed by atoms with Crippen LogP contribution in [0.5, 0.6) is 5.75 Å². The molecule has 2 rings (SSSR count). The van der Waals surface area contributed by atoms with E-state index in [-0.39, 0.29) is 5.54 Å². The smallest absolute Gasteiger partial charge is 0.122 e. The third-order valence-corrected chi connectivity index (χ3v) is 3.48. The molecule has 0 spiro atoms. The van der Waals surface area contributed by atoms with Crippen LogP contribution in [0.4, 0.5) is 0 Å². The Bertz CT molecular complexity index is 388. The highest BCUT2D eigenvalue weighted by Crippen LogP contribution is 2.32. The van der Waals surface area contributed by atoms with Crippen molar-refractivity contribution < 1.29 is 4.74 Å². The lowest BCUT2D eigenvalue weighted by Crippen LogP contribution is -2.42. The molecule has 0 aromatic heterocycles. The second-order valence-electron chi connectivity index (χ2n) is 4.92. The van der Waals surface area contributed by atoms with Crippen molar-refractivity contribution in [3.8, 4) is 5.75 Å². The largest absolute Gasteiger partial charge is 0.496 e. The van der Waals surface area contributed by atoms with Crippen LogP contribution in [0.3, 0.4) is 0 Å². The summed E-state index contributed by atoms with van der Waals surface area (Å²) in [7, 11) is 1.71. The van der Waals surface area contributed by atoms with E-state index in [1.165, 1.54) is 5.56 Å². The van der Waals surface area contributed by atoms with Gasteiger partial charge in [-0.1, -0.05) is 12.1 Å². The molecule has 1 saturated heterocycles. The molecular weight excluding hydrogens is 200 g/mol. The minimum absolute atomic E-state index is 0.166. The summed E-state index contributed by atoms with van der Waals surface area (Å²) in [6, 6.07) is 6.36. The van der Waals surface area contributed by atoms with Gasteiger partial charge in [0, 0.05) is 24.5 Å². The molecule has 1 aliphatic heterocycles. The van der Waals surface area contributed by atoms with Crippen LogP contribution in [0.15, 0.2) is 18.2 Å². The van der Waals surface area contributed by atoms with E-state index in [9.17, 15) is 0 Å². The van der Waals surface area contributed by atoms with Crippen molar-refractivity contribution in [2.45, 2.75) is 25.3 Å². The van der Waals surface area contributed by atoms with E-state index in [1.54, 1.807) is 7.11 Å². The quantitative estimate of drug-likeness (QED) is 0.792. The van der Waals surface area contributed by atoms with Gasteiger partial charge in [0.1, 0.15) is 5.75 Å². The minimum atomic E-state index is -0.166. The standard InChI is InChI=1S/C13H20N2O/c1-9-4-5-10(6-12(9)16-3)11-7-15-8-13(11,2)14/h4-6,11,15H,7-8,14H2,1-3H3. The highest BCUT2D eigenvalue weighted by molar-refractivity contribution is 5.39. The number of nitrogens with two attached hydrogens (primary N) is 1. The number of hydrogen-bond donors (Lipinski definition) is 2. The molecule has 3 heteroatoms. The summed E-state index contributed by atoms with van der Waals surface area (Å²) < 4.78 is 5.35. The van der Waals surface area contributed by atoms with Crippen molar-refractivity contribution >= 4 is 0 Å². The van der Waals surface area contributed by atoms with Crippen LogP contribution in [-0.2, 0) is 0 Å². The highest BCUT2D eigenvalue weighted by atomic mass is 16.5. The van der Waals surface area contributed by atoms with Crippen LogP contribution in [0.1, 0.15) is 24.0 Å². The topological polar surface area (TPSA) is 47.3 Å². The molecular formula is C13H20N2O. The lowest BCUT2D eigenvalue weighted by molar-refractivity contribution is 0.408. The summed E-state index contributed by atoms with van der Waals surface area (Å²) >= 11 is 0. The summed E-state index contributed by atoms with van der Waals surface area (Å²) in [5.74, 6) is 1.31. The monoisotopic (exact) mass is 220 g/mol.